The molecule has 0 aliphatic carbocycles. The number of aryl methyl sites for hydroxylation is 2. The summed E-state index contributed by atoms with van der Waals surface area (Å²) >= 11 is 0. The average Bonchev–Trinajstić information content (AvgIpc) is 3.77. The largest absolute Gasteiger partial charge is 0.459 e. The quantitative estimate of drug-likeness (QED) is 0.178. The second-order valence-corrected chi connectivity index (χ2v) is 16.6. The van der Waals surface area contributed by atoms with E-state index < -0.39 is 89.7 Å². The van der Waals surface area contributed by atoms with Crippen LogP contribution in [-0.2, 0) is 38.1 Å². The molecule has 14 heteroatoms. The molecule has 13 rings (SSSR count). The lowest BCUT2D eigenvalue weighted by Crippen LogP contribution is -2.89. The lowest BCUT2D eigenvalue weighted by atomic mass is 9.41. The number of rotatable bonds is 4. The van der Waals surface area contributed by atoms with Gasteiger partial charge in [-0.3, -0.25) is 19.4 Å². The molecule has 14 nitrogen and oxygen atoms in total. The summed E-state index contributed by atoms with van der Waals surface area (Å²) in [5, 5.41) is 1.46. The van der Waals surface area contributed by atoms with Crippen LogP contribution in [0, 0.1) is 31.1 Å². The first-order valence-electron chi connectivity index (χ1n) is 19.1. The van der Waals surface area contributed by atoms with E-state index in [1.807, 2.05) is 60.0 Å². The number of hydrogen-bond donors (Lipinski definition) is 2. The van der Waals surface area contributed by atoms with Gasteiger partial charge in [-0.15, -0.1) is 0 Å². The maximum atomic E-state index is 14.4. The Balaban J connectivity index is 0.992. The van der Waals surface area contributed by atoms with Gasteiger partial charge in [0.1, 0.15) is 24.4 Å². The van der Waals surface area contributed by atoms with Crippen LogP contribution < -0.4 is 0 Å². The molecular weight excluding hydrogens is 708 g/mol. The highest BCUT2D eigenvalue weighted by Gasteiger charge is 2.80. The molecule has 9 aliphatic heterocycles. The Bertz CT molecular complexity index is 2250. The number of fused-ring (bicyclic) bond motifs is 4. The van der Waals surface area contributed by atoms with Gasteiger partial charge in [0.2, 0.25) is 0 Å². The van der Waals surface area contributed by atoms with E-state index in [-0.39, 0.29) is 37.5 Å². The Labute approximate surface area is 313 Å². The molecular formula is C41H38N4O10. The maximum absolute atomic E-state index is 14.4. The average molecular weight is 747 g/mol. The maximum Gasteiger partial charge on any atom is 0.417 e. The van der Waals surface area contributed by atoms with Crippen molar-refractivity contribution in [3.05, 3.63) is 71.0 Å². The molecule has 11 bridgehead atoms. The molecule has 282 valence electrons. The van der Waals surface area contributed by atoms with Crippen molar-refractivity contribution in [2.24, 2.45) is 17.3 Å². The molecule has 9 fully saturated rings. The molecule has 9 aliphatic rings. The van der Waals surface area contributed by atoms with E-state index in [1.54, 1.807) is 12.4 Å². The number of ether oxygens (including phenoxy) is 4. The molecule has 2 aromatic heterocycles. The van der Waals surface area contributed by atoms with E-state index in [2.05, 4.69) is 9.97 Å². The summed E-state index contributed by atoms with van der Waals surface area (Å²) in [6.45, 7) is 4.09. The summed E-state index contributed by atoms with van der Waals surface area (Å²) < 4.78 is 24.5. The van der Waals surface area contributed by atoms with Gasteiger partial charge in [0.15, 0.2) is 11.6 Å². The molecule has 12 unspecified atom stereocenters. The van der Waals surface area contributed by atoms with Gasteiger partial charge in [0.05, 0.1) is 48.1 Å². The molecule has 4 aromatic rings. The Hall–Kier alpha value is -5.34. The number of carbonyl (C=O) groups excluding carboxylic acids is 6. The van der Waals surface area contributed by atoms with Crippen molar-refractivity contribution >= 4 is 57.2 Å². The molecule has 0 radical (unpaired) electrons. The predicted molar refractivity (Wildman–Crippen MR) is 191 cm³/mol. The molecule has 11 heterocycles. The van der Waals surface area contributed by atoms with Crippen molar-refractivity contribution in [2.45, 2.75) is 88.1 Å². The van der Waals surface area contributed by atoms with Gasteiger partial charge in [-0.1, -0.05) is 24.3 Å². The number of nitrogens with one attached hydrogen (secondary N) is 2. The van der Waals surface area contributed by atoms with E-state index in [0.717, 1.165) is 32.9 Å². The molecule has 55 heavy (non-hydrogen) atoms. The van der Waals surface area contributed by atoms with Gasteiger partial charge < -0.3 is 28.9 Å². The lowest BCUT2D eigenvalue weighted by Gasteiger charge is -2.75. The third-order valence-corrected chi connectivity index (χ3v) is 14.0. The summed E-state index contributed by atoms with van der Waals surface area (Å²) in [5.74, 6) is -5.65. The Kier molecular flexibility index (Phi) is 6.82. The van der Waals surface area contributed by atoms with E-state index in [4.69, 9.17) is 18.9 Å². The van der Waals surface area contributed by atoms with Crippen LogP contribution >= 0.6 is 0 Å². The zero-order valence-corrected chi connectivity index (χ0v) is 30.1. The summed E-state index contributed by atoms with van der Waals surface area (Å²) in [6.07, 6.45) is 0.948. The molecule has 2 aromatic carbocycles. The highest BCUT2D eigenvalue weighted by Crippen LogP contribution is 2.66. The Morgan fingerprint density at radius 2 is 1.11 bits per heavy atom. The standard InChI is InChI=1S/C41H38N4O10/c1-17-3-5-21-23(13-42-25(21)7-17)37(48)52-19-9-27-35-33-29(46)15-44(27)31(11-19)41(33)32-12-20(53-38(49)24-14-43-26-8-18(2)4-6-22(24)26)10-28-36(55-40(51)39(50)54-35)34(41)30(47)16-45(28)32/h3-8,13-14,19-20,27-28,31-36,42-43H,9-12,15-16H2,1-2H3. The monoisotopic (exact) mass is 746 g/mol. The van der Waals surface area contributed by atoms with Crippen molar-refractivity contribution in [2.75, 3.05) is 13.1 Å². The number of carbonyl (C=O) groups is 6. The van der Waals surface area contributed by atoms with E-state index in [0.29, 0.717) is 24.0 Å². The van der Waals surface area contributed by atoms with E-state index in [9.17, 15) is 28.8 Å². The van der Waals surface area contributed by atoms with Gasteiger partial charge in [0, 0.05) is 77.4 Å². The van der Waals surface area contributed by atoms with Crippen LogP contribution in [0.25, 0.3) is 21.8 Å². The first-order chi connectivity index (χ1) is 26.5. The Morgan fingerprint density at radius 3 is 1.55 bits per heavy atom. The molecule has 2 N–H and O–H groups in total. The van der Waals surface area contributed by atoms with Crippen molar-refractivity contribution < 1.29 is 47.7 Å². The van der Waals surface area contributed by atoms with Crippen LogP contribution in [0.5, 0.6) is 0 Å². The fourth-order valence-corrected chi connectivity index (χ4v) is 12.1. The smallest absolute Gasteiger partial charge is 0.417 e. The SMILES string of the molecule is Cc1ccc2c(C(=O)OC3CC4C5OC(=O)C(=O)OC6C7CC(OC(=O)c8c[nH]c9cc(C)ccc89)CC8N7CC(=O)C6C86C5C(=O)CN4C6C3)c[nH]c2c1. The van der Waals surface area contributed by atoms with E-state index >= 15 is 0 Å². The first-order valence-corrected chi connectivity index (χ1v) is 19.1. The number of piperidine rings is 8. The first kappa shape index (κ1) is 33.0. The minimum atomic E-state index is -1.22. The summed E-state index contributed by atoms with van der Waals surface area (Å²) in [7, 11) is 0. The Morgan fingerprint density at radius 1 is 0.673 bits per heavy atom. The van der Waals surface area contributed by atoms with Gasteiger partial charge in [-0.25, -0.2) is 19.2 Å². The normalized spacial score (nSPS) is 38.2. The van der Waals surface area contributed by atoms with Crippen LogP contribution in [0.2, 0.25) is 0 Å². The molecule has 0 saturated carbocycles. The topological polar surface area (TPSA) is 177 Å². The van der Waals surface area contributed by atoms with Crippen molar-refractivity contribution in [3.8, 4) is 0 Å². The van der Waals surface area contributed by atoms with Crippen LogP contribution in [0.4, 0.5) is 0 Å². The second-order valence-electron chi connectivity index (χ2n) is 16.6. The van der Waals surface area contributed by atoms with Gasteiger partial charge >= 0.3 is 23.9 Å². The van der Waals surface area contributed by atoms with Gasteiger partial charge in [-0.2, -0.15) is 0 Å². The van der Waals surface area contributed by atoms with Crippen LogP contribution in [0.3, 0.4) is 0 Å². The minimum absolute atomic E-state index is 0.0766. The molecule has 12 atom stereocenters. The highest BCUT2D eigenvalue weighted by molar-refractivity contribution is 6.30. The van der Waals surface area contributed by atoms with Crippen molar-refractivity contribution in [1.29, 1.82) is 0 Å². The number of benzene rings is 2. The number of H-pyrrole nitrogens is 2. The molecule has 9 saturated heterocycles. The zero-order chi connectivity index (χ0) is 37.7. The minimum Gasteiger partial charge on any atom is -0.459 e. The highest BCUT2D eigenvalue weighted by atomic mass is 16.6. The number of ketones is 2. The third-order valence-electron chi connectivity index (χ3n) is 14.0. The fourth-order valence-electron chi connectivity index (χ4n) is 12.1. The van der Waals surface area contributed by atoms with Gasteiger partial charge in [-0.05, 0) is 37.1 Å². The van der Waals surface area contributed by atoms with Crippen molar-refractivity contribution in [1.82, 2.24) is 19.8 Å². The van der Waals surface area contributed by atoms with E-state index in [1.165, 1.54) is 0 Å². The molecule has 0 amide bonds. The fraction of sp³-hybridized carbons (Fsp3) is 0.463. The van der Waals surface area contributed by atoms with Gasteiger partial charge in [0.25, 0.3) is 0 Å². The zero-order valence-electron chi connectivity index (χ0n) is 30.1. The number of Topliss-reactive ketones (excluding diaryl/α,β-unsaturated/α-hetero) is 2. The predicted octanol–water partition coefficient (Wildman–Crippen LogP) is 2.93. The number of aromatic amines is 2. The van der Waals surface area contributed by atoms with Crippen molar-refractivity contribution in [3.63, 3.8) is 0 Å². The summed E-state index contributed by atoms with van der Waals surface area (Å²) in [5.41, 5.74) is 3.29. The number of nitrogens with zero attached hydrogens (tertiary/aromatic N) is 2. The summed E-state index contributed by atoms with van der Waals surface area (Å²) in [4.78, 5) is 93.8. The number of esters is 4. The number of hydrogen-bond acceptors (Lipinski definition) is 12. The summed E-state index contributed by atoms with van der Waals surface area (Å²) in [6, 6.07) is 9.48. The molecule has 1 spiro atoms. The van der Waals surface area contributed by atoms with Crippen LogP contribution in [0.1, 0.15) is 57.5 Å². The number of aromatic nitrogens is 2. The van der Waals surface area contributed by atoms with Crippen LogP contribution in [-0.4, -0.2) is 117 Å². The lowest BCUT2D eigenvalue weighted by molar-refractivity contribution is -0.288. The van der Waals surface area contributed by atoms with Crippen LogP contribution in [0.15, 0.2) is 48.8 Å². The second kappa shape index (κ2) is 11.4. The third kappa shape index (κ3) is 4.43.